The van der Waals surface area contributed by atoms with Crippen LogP contribution in [0.3, 0.4) is 0 Å². The second-order valence-electron chi connectivity index (χ2n) is 6.59. The average molecular weight is 421 g/mol. The molecule has 0 saturated carbocycles. The second kappa shape index (κ2) is 9.43. The highest BCUT2D eigenvalue weighted by molar-refractivity contribution is 7.99. The van der Waals surface area contributed by atoms with Crippen molar-refractivity contribution in [3.8, 4) is 0 Å². The molecule has 7 heteroatoms. The number of hydrogen-bond acceptors (Lipinski definition) is 3. The van der Waals surface area contributed by atoms with Gasteiger partial charge in [0, 0.05) is 12.3 Å². The van der Waals surface area contributed by atoms with E-state index in [0.29, 0.717) is 22.9 Å². The molecule has 3 rings (SSSR count). The van der Waals surface area contributed by atoms with Crippen LogP contribution < -0.4 is 5.32 Å². The van der Waals surface area contributed by atoms with Crippen LogP contribution in [-0.4, -0.2) is 35.1 Å². The minimum Gasteiger partial charge on any atom is -0.354 e. The molecule has 28 heavy (non-hydrogen) atoms. The van der Waals surface area contributed by atoms with Gasteiger partial charge in [-0.2, -0.15) is 0 Å². The van der Waals surface area contributed by atoms with Crippen molar-refractivity contribution >= 4 is 35.2 Å². The van der Waals surface area contributed by atoms with Gasteiger partial charge in [-0.05, 0) is 36.2 Å². The molecule has 0 bridgehead atoms. The summed E-state index contributed by atoms with van der Waals surface area (Å²) in [6.45, 7) is 2.63. The number of amides is 2. The average Bonchev–Trinajstić information content (AvgIpc) is 3.13. The molecule has 0 radical (unpaired) electrons. The van der Waals surface area contributed by atoms with E-state index in [1.807, 2.05) is 0 Å². The summed E-state index contributed by atoms with van der Waals surface area (Å²) in [5, 5.41) is 2.88. The summed E-state index contributed by atoms with van der Waals surface area (Å²) < 4.78 is 13.4. The van der Waals surface area contributed by atoms with E-state index in [-0.39, 0.29) is 23.0 Å². The van der Waals surface area contributed by atoms with Crippen molar-refractivity contribution in [2.24, 2.45) is 0 Å². The standard InChI is InChI=1S/C21H22ClFN2O2S/c1-2-3-12-24-19(26)18-13-28-21(14-8-10-15(23)11-9-14)25(18)20(27)16-6-4-5-7-17(16)22/h4-11,18,21H,2-3,12-13H2,1H3,(H,24,26). The Morgan fingerprint density at radius 1 is 1.21 bits per heavy atom. The van der Waals surface area contributed by atoms with Crippen molar-refractivity contribution in [3.05, 3.63) is 70.5 Å². The Morgan fingerprint density at radius 2 is 1.93 bits per heavy atom. The molecule has 2 unspecified atom stereocenters. The van der Waals surface area contributed by atoms with Crippen LogP contribution in [-0.2, 0) is 4.79 Å². The van der Waals surface area contributed by atoms with E-state index in [4.69, 9.17) is 11.6 Å². The molecule has 2 aromatic carbocycles. The molecule has 1 heterocycles. The molecule has 1 saturated heterocycles. The first-order chi connectivity index (χ1) is 13.5. The highest BCUT2D eigenvalue weighted by Gasteiger charge is 2.42. The lowest BCUT2D eigenvalue weighted by atomic mass is 10.1. The predicted octanol–water partition coefficient (Wildman–Crippen LogP) is 4.65. The molecular weight excluding hydrogens is 399 g/mol. The number of thioether (sulfide) groups is 1. The summed E-state index contributed by atoms with van der Waals surface area (Å²) in [6.07, 6.45) is 1.85. The molecule has 0 aliphatic carbocycles. The van der Waals surface area contributed by atoms with Crippen LogP contribution in [0, 0.1) is 5.82 Å². The van der Waals surface area contributed by atoms with Crippen molar-refractivity contribution < 1.29 is 14.0 Å². The number of halogens is 2. The van der Waals surface area contributed by atoms with E-state index in [2.05, 4.69) is 12.2 Å². The van der Waals surface area contributed by atoms with Gasteiger partial charge in [0.05, 0.1) is 10.6 Å². The van der Waals surface area contributed by atoms with Gasteiger partial charge < -0.3 is 10.2 Å². The molecule has 1 fully saturated rings. The lowest BCUT2D eigenvalue weighted by Gasteiger charge is -2.29. The summed E-state index contributed by atoms with van der Waals surface area (Å²) in [5.74, 6) is -0.355. The maximum absolute atomic E-state index is 13.4. The number of carbonyl (C=O) groups excluding carboxylic acids is 2. The number of benzene rings is 2. The quantitative estimate of drug-likeness (QED) is 0.692. The Labute approximate surface area is 173 Å². The summed E-state index contributed by atoms with van der Waals surface area (Å²) in [5.41, 5.74) is 1.13. The van der Waals surface area contributed by atoms with Crippen LogP contribution in [0.25, 0.3) is 0 Å². The van der Waals surface area contributed by atoms with E-state index in [0.717, 1.165) is 18.4 Å². The number of carbonyl (C=O) groups is 2. The van der Waals surface area contributed by atoms with Crippen molar-refractivity contribution in [2.75, 3.05) is 12.3 Å². The maximum atomic E-state index is 13.4. The minimum atomic E-state index is -0.610. The van der Waals surface area contributed by atoms with Gasteiger partial charge in [0.25, 0.3) is 5.91 Å². The highest BCUT2D eigenvalue weighted by atomic mass is 35.5. The summed E-state index contributed by atoms with van der Waals surface area (Å²) in [6, 6.07) is 12.2. The van der Waals surface area contributed by atoms with Gasteiger partial charge in [-0.15, -0.1) is 11.8 Å². The third kappa shape index (κ3) is 4.50. The Bertz CT molecular complexity index is 847. The Morgan fingerprint density at radius 3 is 2.61 bits per heavy atom. The molecule has 1 aliphatic heterocycles. The molecule has 2 atom stereocenters. The zero-order chi connectivity index (χ0) is 20.1. The second-order valence-corrected chi connectivity index (χ2v) is 8.11. The van der Waals surface area contributed by atoms with Crippen LogP contribution in [0.4, 0.5) is 4.39 Å². The van der Waals surface area contributed by atoms with E-state index in [1.165, 1.54) is 23.9 Å². The van der Waals surface area contributed by atoms with Crippen molar-refractivity contribution in [2.45, 2.75) is 31.2 Å². The van der Waals surface area contributed by atoms with Crippen molar-refractivity contribution in [1.82, 2.24) is 10.2 Å². The first-order valence-corrected chi connectivity index (χ1v) is 10.7. The first kappa shape index (κ1) is 20.7. The number of nitrogens with zero attached hydrogens (tertiary/aromatic N) is 1. The molecular formula is C21H22ClFN2O2S. The Balaban J connectivity index is 1.92. The number of unbranched alkanes of at least 4 members (excludes halogenated alkanes) is 1. The van der Waals surface area contributed by atoms with Crippen LogP contribution in [0.1, 0.15) is 41.1 Å². The lowest BCUT2D eigenvalue weighted by Crippen LogP contribution is -2.48. The molecule has 148 valence electrons. The number of nitrogens with one attached hydrogen (secondary N) is 1. The van der Waals surface area contributed by atoms with Crippen LogP contribution in [0.2, 0.25) is 5.02 Å². The van der Waals surface area contributed by atoms with Gasteiger partial charge in [0.1, 0.15) is 17.2 Å². The van der Waals surface area contributed by atoms with Crippen molar-refractivity contribution in [1.29, 1.82) is 0 Å². The largest absolute Gasteiger partial charge is 0.354 e. The fourth-order valence-corrected chi connectivity index (χ4v) is 4.77. The Kier molecular flexibility index (Phi) is 6.97. The topological polar surface area (TPSA) is 49.4 Å². The van der Waals surface area contributed by atoms with Crippen molar-refractivity contribution in [3.63, 3.8) is 0 Å². The van der Waals surface area contributed by atoms with Gasteiger partial charge in [-0.3, -0.25) is 9.59 Å². The molecule has 2 amide bonds. The summed E-state index contributed by atoms with van der Waals surface area (Å²) in [4.78, 5) is 27.7. The highest BCUT2D eigenvalue weighted by Crippen LogP contribution is 2.42. The third-order valence-corrected chi connectivity index (χ3v) is 6.28. The third-order valence-electron chi connectivity index (χ3n) is 4.63. The molecule has 0 aromatic heterocycles. The predicted molar refractivity (Wildman–Crippen MR) is 111 cm³/mol. The summed E-state index contributed by atoms with van der Waals surface area (Å²) in [7, 11) is 0. The van der Waals surface area contributed by atoms with Crippen LogP contribution in [0.15, 0.2) is 48.5 Å². The fraction of sp³-hybridized carbons (Fsp3) is 0.333. The van der Waals surface area contributed by atoms with Crippen LogP contribution in [0.5, 0.6) is 0 Å². The van der Waals surface area contributed by atoms with Gasteiger partial charge in [-0.25, -0.2) is 4.39 Å². The molecule has 0 spiro atoms. The van der Waals surface area contributed by atoms with Gasteiger partial charge >= 0.3 is 0 Å². The van der Waals surface area contributed by atoms with E-state index >= 15 is 0 Å². The zero-order valence-corrected chi connectivity index (χ0v) is 17.1. The molecule has 1 N–H and O–H groups in total. The SMILES string of the molecule is CCCCNC(=O)C1CSC(c2ccc(F)cc2)N1C(=O)c1ccccc1Cl. The van der Waals surface area contributed by atoms with Crippen LogP contribution >= 0.6 is 23.4 Å². The minimum absolute atomic E-state index is 0.175. The van der Waals surface area contributed by atoms with Gasteiger partial charge in [-0.1, -0.05) is 49.2 Å². The van der Waals surface area contributed by atoms with E-state index in [1.54, 1.807) is 41.3 Å². The van der Waals surface area contributed by atoms with E-state index in [9.17, 15) is 14.0 Å². The van der Waals surface area contributed by atoms with E-state index < -0.39 is 6.04 Å². The fourth-order valence-electron chi connectivity index (χ4n) is 3.12. The lowest BCUT2D eigenvalue weighted by molar-refractivity contribution is -0.124. The summed E-state index contributed by atoms with van der Waals surface area (Å²) >= 11 is 7.73. The smallest absolute Gasteiger partial charge is 0.257 e. The number of hydrogen-bond donors (Lipinski definition) is 1. The monoisotopic (exact) mass is 420 g/mol. The normalized spacial score (nSPS) is 18.9. The zero-order valence-electron chi connectivity index (χ0n) is 15.5. The first-order valence-electron chi connectivity index (χ1n) is 9.25. The number of rotatable bonds is 6. The Hall–Kier alpha value is -2.05. The van der Waals surface area contributed by atoms with Gasteiger partial charge in [0.15, 0.2) is 0 Å². The molecule has 2 aromatic rings. The van der Waals surface area contributed by atoms with Gasteiger partial charge in [0.2, 0.25) is 5.91 Å². The molecule has 1 aliphatic rings. The molecule has 4 nitrogen and oxygen atoms in total. The maximum Gasteiger partial charge on any atom is 0.257 e.